The van der Waals surface area contributed by atoms with Crippen LogP contribution in [-0.2, 0) is 26.6 Å². The normalized spacial score (nSPS) is 15.6. The van der Waals surface area contributed by atoms with E-state index in [0.717, 1.165) is 37.4 Å². The minimum Gasteiger partial charge on any atom is -0.368 e. The van der Waals surface area contributed by atoms with Crippen molar-refractivity contribution < 1.29 is 0 Å². The Morgan fingerprint density at radius 3 is 3.11 bits per heavy atom. The fourth-order valence-corrected chi connectivity index (χ4v) is 2.30. The van der Waals surface area contributed by atoms with Crippen LogP contribution in [0, 0.1) is 0 Å². The number of rotatable bonds is 2. The summed E-state index contributed by atoms with van der Waals surface area (Å²) in [6.45, 7) is 2.72. The lowest BCUT2D eigenvalue weighted by Crippen LogP contribution is -2.31. The fourth-order valence-electron chi connectivity index (χ4n) is 2.30. The molecule has 2 N–H and O–H groups in total. The standard InChI is InChI=1S/C12H16N6/c1-17-4-2-10(16-17)8-18-5-3-11-9(7-18)6-14-12(13)15-11/h2,4,6H,3,5,7-8H2,1H3,(H2,13,14,15). The number of aryl methyl sites for hydroxylation is 1. The van der Waals surface area contributed by atoms with E-state index in [1.807, 2.05) is 24.1 Å². The number of nitrogens with two attached hydrogens (primary N) is 1. The highest BCUT2D eigenvalue weighted by molar-refractivity contribution is 5.27. The third-order valence-corrected chi connectivity index (χ3v) is 3.19. The SMILES string of the molecule is Cn1ccc(CN2CCc3nc(N)ncc3C2)n1. The molecule has 3 rings (SSSR count). The summed E-state index contributed by atoms with van der Waals surface area (Å²) < 4.78 is 1.83. The zero-order valence-electron chi connectivity index (χ0n) is 10.4. The quantitative estimate of drug-likeness (QED) is 0.825. The van der Waals surface area contributed by atoms with Crippen molar-refractivity contribution in [3.63, 3.8) is 0 Å². The van der Waals surface area contributed by atoms with Crippen LogP contribution >= 0.6 is 0 Å². The van der Waals surface area contributed by atoms with Gasteiger partial charge in [-0.3, -0.25) is 9.58 Å². The Morgan fingerprint density at radius 2 is 2.33 bits per heavy atom. The van der Waals surface area contributed by atoms with E-state index in [-0.39, 0.29) is 0 Å². The molecule has 0 saturated heterocycles. The van der Waals surface area contributed by atoms with Gasteiger partial charge in [0.15, 0.2) is 0 Å². The summed E-state index contributed by atoms with van der Waals surface area (Å²) in [5.74, 6) is 0.368. The van der Waals surface area contributed by atoms with E-state index in [4.69, 9.17) is 5.73 Å². The van der Waals surface area contributed by atoms with E-state index < -0.39 is 0 Å². The molecule has 6 nitrogen and oxygen atoms in total. The molecule has 94 valence electrons. The van der Waals surface area contributed by atoms with Crippen molar-refractivity contribution in [2.24, 2.45) is 7.05 Å². The molecule has 3 heterocycles. The van der Waals surface area contributed by atoms with Gasteiger partial charge < -0.3 is 5.73 Å². The van der Waals surface area contributed by atoms with Gasteiger partial charge in [-0.2, -0.15) is 5.10 Å². The molecule has 2 aromatic heterocycles. The Bertz CT molecular complexity index is 561. The lowest BCUT2D eigenvalue weighted by Gasteiger charge is -2.27. The molecular weight excluding hydrogens is 228 g/mol. The average Bonchev–Trinajstić information content (AvgIpc) is 2.75. The molecular formula is C12H16N6. The van der Waals surface area contributed by atoms with E-state index >= 15 is 0 Å². The van der Waals surface area contributed by atoms with Crippen molar-refractivity contribution >= 4 is 5.95 Å². The molecule has 0 radical (unpaired) electrons. The van der Waals surface area contributed by atoms with Gasteiger partial charge in [-0.1, -0.05) is 0 Å². The lowest BCUT2D eigenvalue weighted by atomic mass is 10.1. The van der Waals surface area contributed by atoms with Gasteiger partial charge in [-0.15, -0.1) is 0 Å². The van der Waals surface area contributed by atoms with Crippen LogP contribution in [0.1, 0.15) is 17.0 Å². The van der Waals surface area contributed by atoms with Crippen molar-refractivity contribution in [3.8, 4) is 0 Å². The number of hydrogen-bond donors (Lipinski definition) is 1. The third kappa shape index (κ3) is 2.19. The van der Waals surface area contributed by atoms with Crippen molar-refractivity contribution in [3.05, 3.63) is 35.4 Å². The van der Waals surface area contributed by atoms with Crippen LogP contribution in [-0.4, -0.2) is 31.2 Å². The number of anilines is 1. The maximum absolute atomic E-state index is 5.59. The minimum absolute atomic E-state index is 0.368. The largest absolute Gasteiger partial charge is 0.368 e. The van der Waals surface area contributed by atoms with Crippen LogP contribution in [0.15, 0.2) is 18.5 Å². The molecule has 18 heavy (non-hydrogen) atoms. The van der Waals surface area contributed by atoms with Crippen LogP contribution in [0.2, 0.25) is 0 Å². The monoisotopic (exact) mass is 244 g/mol. The third-order valence-electron chi connectivity index (χ3n) is 3.19. The lowest BCUT2D eigenvalue weighted by molar-refractivity contribution is 0.239. The second-order valence-electron chi connectivity index (χ2n) is 4.64. The highest BCUT2D eigenvalue weighted by atomic mass is 15.3. The summed E-state index contributed by atoms with van der Waals surface area (Å²) in [4.78, 5) is 10.7. The second-order valence-corrected chi connectivity index (χ2v) is 4.64. The Hall–Kier alpha value is -1.95. The Balaban J connectivity index is 1.73. The molecule has 0 aliphatic carbocycles. The van der Waals surface area contributed by atoms with Crippen molar-refractivity contribution in [1.29, 1.82) is 0 Å². The Morgan fingerprint density at radius 1 is 1.44 bits per heavy atom. The molecule has 0 bridgehead atoms. The summed E-state index contributed by atoms with van der Waals surface area (Å²) in [7, 11) is 1.94. The smallest absolute Gasteiger partial charge is 0.220 e. The van der Waals surface area contributed by atoms with E-state index in [9.17, 15) is 0 Å². The fraction of sp³-hybridized carbons (Fsp3) is 0.417. The number of nitrogen functional groups attached to an aromatic ring is 1. The van der Waals surface area contributed by atoms with Gasteiger partial charge in [0.1, 0.15) is 0 Å². The number of fused-ring (bicyclic) bond motifs is 1. The van der Waals surface area contributed by atoms with E-state index in [1.165, 1.54) is 5.56 Å². The highest BCUT2D eigenvalue weighted by Crippen LogP contribution is 2.18. The summed E-state index contributed by atoms with van der Waals surface area (Å²) in [6.07, 6.45) is 4.73. The van der Waals surface area contributed by atoms with E-state index in [1.54, 1.807) is 0 Å². The molecule has 0 amide bonds. The van der Waals surface area contributed by atoms with Crippen LogP contribution in [0.25, 0.3) is 0 Å². The van der Waals surface area contributed by atoms with Gasteiger partial charge in [0.25, 0.3) is 0 Å². The first-order valence-electron chi connectivity index (χ1n) is 6.02. The van der Waals surface area contributed by atoms with Gasteiger partial charge in [0.05, 0.1) is 11.4 Å². The van der Waals surface area contributed by atoms with Crippen LogP contribution < -0.4 is 5.73 Å². The zero-order chi connectivity index (χ0) is 12.5. The molecule has 1 aliphatic rings. The highest BCUT2D eigenvalue weighted by Gasteiger charge is 2.18. The average molecular weight is 244 g/mol. The van der Waals surface area contributed by atoms with Crippen LogP contribution in [0.5, 0.6) is 0 Å². The molecule has 0 fully saturated rings. The molecule has 0 spiro atoms. The maximum atomic E-state index is 5.59. The van der Waals surface area contributed by atoms with Gasteiger partial charge in [0.2, 0.25) is 5.95 Å². The Kier molecular flexibility index (Phi) is 2.71. The van der Waals surface area contributed by atoms with Crippen LogP contribution in [0.3, 0.4) is 0 Å². The second kappa shape index (κ2) is 4.38. The summed E-state index contributed by atoms with van der Waals surface area (Å²) >= 11 is 0. The van der Waals surface area contributed by atoms with Gasteiger partial charge in [0, 0.05) is 51.1 Å². The number of hydrogen-bond acceptors (Lipinski definition) is 5. The first-order valence-corrected chi connectivity index (χ1v) is 6.02. The summed E-state index contributed by atoms with van der Waals surface area (Å²) in [5.41, 5.74) is 8.94. The maximum Gasteiger partial charge on any atom is 0.220 e. The summed E-state index contributed by atoms with van der Waals surface area (Å²) in [6, 6.07) is 2.05. The molecule has 6 heteroatoms. The number of nitrogens with zero attached hydrogens (tertiary/aromatic N) is 5. The summed E-state index contributed by atoms with van der Waals surface area (Å²) in [5, 5.41) is 4.40. The molecule has 0 unspecified atom stereocenters. The van der Waals surface area contributed by atoms with E-state index in [2.05, 4.69) is 26.0 Å². The van der Waals surface area contributed by atoms with E-state index in [0.29, 0.717) is 5.95 Å². The van der Waals surface area contributed by atoms with Gasteiger partial charge >= 0.3 is 0 Å². The Labute approximate surface area is 105 Å². The molecule has 0 saturated carbocycles. The molecule has 2 aromatic rings. The number of aromatic nitrogens is 4. The van der Waals surface area contributed by atoms with Crippen molar-refractivity contribution in [1.82, 2.24) is 24.6 Å². The zero-order valence-corrected chi connectivity index (χ0v) is 10.4. The first-order chi connectivity index (χ1) is 8.70. The van der Waals surface area contributed by atoms with Crippen molar-refractivity contribution in [2.75, 3.05) is 12.3 Å². The minimum atomic E-state index is 0.368. The molecule has 0 aromatic carbocycles. The van der Waals surface area contributed by atoms with Crippen molar-refractivity contribution in [2.45, 2.75) is 19.5 Å². The molecule has 0 atom stereocenters. The molecule has 1 aliphatic heterocycles. The topological polar surface area (TPSA) is 72.9 Å². The van der Waals surface area contributed by atoms with Gasteiger partial charge in [-0.25, -0.2) is 9.97 Å². The predicted octanol–water partition coefficient (Wildman–Crippen LogP) is 0.351. The first kappa shape index (κ1) is 11.2. The van der Waals surface area contributed by atoms with Crippen LogP contribution in [0.4, 0.5) is 5.95 Å². The predicted molar refractivity (Wildman–Crippen MR) is 67.5 cm³/mol. The van der Waals surface area contributed by atoms with Gasteiger partial charge in [-0.05, 0) is 6.07 Å².